The first-order chi connectivity index (χ1) is 14.6. The van der Waals surface area contributed by atoms with Crippen LogP contribution in [0.5, 0.6) is 0 Å². The van der Waals surface area contributed by atoms with Crippen LogP contribution in [0.2, 0.25) is 0 Å². The number of pyridine rings is 1. The average molecular weight is 408 g/mol. The normalized spacial score (nSPS) is 23.8. The van der Waals surface area contributed by atoms with Crippen molar-refractivity contribution in [1.82, 2.24) is 25.2 Å². The highest BCUT2D eigenvalue weighted by Crippen LogP contribution is 2.31. The highest BCUT2D eigenvalue weighted by molar-refractivity contribution is 5.79. The van der Waals surface area contributed by atoms with Crippen LogP contribution in [0.4, 0.5) is 0 Å². The number of fused-ring (bicyclic) bond motifs is 1. The first kappa shape index (κ1) is 19.4. The molecule has 2 N–H and O–H groups in total. The van der Waals surface area contributed by atoms with Crippen molar-refractivity contribution in [2.45, 2.75) is 64.5 Å². The van der Waals surface area contributed by atoms with Gasteiger partial charge in [0.05, 0.1) is 24.7 Å². The number of aromatic amines is 1. The summed E-state index contributed by atoms with van der Waals surface area (Å²) < 4.78 is 2.03. The van der Waals surface area contributed by atoms with Crippen LogP contribution >= 0.6 is 0 Å². The van der Waals surface area contributed by atoms with E-state index < -0.39 is 0 Å². The molecule has 5 rings (SSSR count). The summed E-state index contributed by atoms with van der Waals surface area (Å²) in [4.78, 5) is 17.8. The van der Waals surface area contributed by atoms with E-state index in [9.17, 15) is 4.79 Å². The quantitative estimate of drug-likeness (QED) is 0.696. The van der Waals surface area contributed by atoms with Gasteiger partial charge in [-0.15, -0.1) is 5.10 Å². The van der Waals surface area contributed by atoms with Crippen molar-refractivity contribution in [2.24, 2.45) is 5.92 Å². The topological polar surface area (TPSA) is 80.9 Å². The van der Waals surface area contributed by atoms with Gasteiger partial charge in [0, 0.05) is 5.52 Å². The monoisotopic (exact) mass is 407 g/mol. The Bertz CT molecular complexity index is 1090. The summed E-state index contributed by atoms with van der Waals surface area (Å²) in [6.45, 7) is 6.44. The Morgan fingerprint density at radius 3 is 2.67 bits per heavy atom. The van der Waals surface area contributed by atoms with Gasteiger partial charge in [-0.1, -0.05) is 31.9 Å². The molecule has 0 bridgehead atoms. The van der Waals surface area contributed by atoms with Crippen LogP contribution in [0.15, 0.2) is 29.1 Å². The number of aryl methyl sites for hydroxylation is 1. The molecule has 0 spiro atoms. The Morgan fingerprint density at radius 2 is 1.90 bits per heavy atom. The second-order valence-corrected chi connectivity index (χ2v) is 9.34. The summed E-state index contributed by atoms with van der Waals surface area (Å²) in [5, 5.41) is 14.0. The summed E-state index contributed by atoms with van der Waals surface area (Å²) >= 11 is 0. The molecule has 1 saturated carbocycles. The zero-order chi connectivity index (χ0) is 20.7. The zero-order valence-electron chi connectivity index (χ0n) is 17.9. The molecule has 1 atom stereocenters. The van der Waals surface area contributed by atoms with Crippen molar-refractivity contribution >= 4 is 10.9 Å². The molecular weight excluding hydrogens is 376 g/mol. The van der Waals surface area contributed by atoms with Crippen LogP contribution in [0.25, 0.3) is 10.9 Å². The largest absolute Gasteiger partial charge is 0.322 e. The van der Waals surface area contributed by atoms with Gasteiger partial charge in [-0.05, 0) is 72.0 Å². The Morgan fingerprint density at radius 1 is 1.13 bits per heavy atom. The third-order valence-corrected chi connectivity index (χ3v) is 7.11. The molecule has 2 aromatic heterocycles. The maximum Gasteiger partial charge on any atom is 0.258 e. The summed E-state index contributed by atoms with van der Waals surface area (Å²) in [5.74, 6) is 1.58. The van der Waals surface area contributed by atoms with Crippen LogP contribution in [-0.2, 0) is 0 Å². The Hall–Kier alpha value is -2.54. The SMILES string of the molecule is Cc1ccc2cc([C@H](c3nnnn3C3CCCC3)[NH+]3CCC(C)CC3)c(=O)[nH]c2c1. The van der Waals surface area contributed by atoms with Crippen molar-refractivity contribution in [1.29, 1.82) is 0 Å². The van der Waals surface area contributed by atoms with E-state index in [1.165, 1.54) is 30.6 Å². The molecule has 158 valence electrons. The van der Waals surface area contributed by atoms with Crippen LogP contribution in [0.3, 0.4) is 0 Å². The van der Waals surface area contributed by atoms with Crippen molar-refractivity contribution in [3.05, 3.63) is 51.6 Å². The number of hydrogen-bond donors (Lipinski definition) is 2. The van der Waals surface area contributed by atoms with Gasteiger partial charge >= 0.3 is 0 Å². The van der Waals surface area contributed by atoms with Crippen molar-refractivity contribution in [2.75, 3.05) is 13.1 Å². The minimum Gasteiger partial charge on any atom is -0.322 e. The first-order valence-corrected chi connectivity index (χ1v) is 11.4. The lowest BCUT2D eigenvalue weighted by molar-refractivity contribution is -0.932. The lowest BCUT2D eigenvalue weighted by Gasteiger charge is -2.33. The van der Waals surface area contributed by atoms with Gasteiger partial charge in [-0.25, -0.2) is 4.68 Å². The van der Waals surface area contributed by atoms with E-state index in [0.29, 0.717) is 6.04 Å². The number of H-pyrrole nitrogens is 1. The molecule has 0 amide bonds. The van der Waals surface area contributed by atoms with Gasteiger partial charge in [0.1, 0.15) is 0 Å². The second kappa shape index (κ2) is 7.95. The number of likely N-dealkylation sites (tertiary alicyclic amines) is 1. The summed E-state index contributed by atoms with van der Waals surface area (Å²) in [6.07, 6.45) is 7.01. The molecule has 3 heterocycles. The fourth-order valence-corrected chi connectivity index (χ4v) is 5.31. The van der Waals surface area contributed by atoms with E-state index in [4.69, 9.17) is 0 Å². The molecular formula is C23H31N6O+. The predicted octanol–water partition coefficient (Wildman–Crippen LogP) is 2.34. The fraction of sp³-hybridized carbons (Fsp3) is 0.565. The first-order valence-electron chi connectivity index (χ1n) is 11.4. The van der Waals surface area contributed by atoms with E-state index in [2.05, 4.69) is 45.6 Å². The minimum absolute atomic E-state index is 0.0230. The number of nitrogens with one attached hydrogen (secondary N) is 2. The summed E-state index contributed by atoms with van der Waals surface area (Å²) in [5.41, 5.74) is 2.79. The molecule has 1 saturated heterocycles. The molecule has 1 aliphatic carbocycles. The minimum atomic E-state index is -0.137. The third-order valence-electron chi connectivity index (χ3n) is 7.11. The highest BCUT2D eigenvalue weighted by atomic mass is 16.1. The Labute approximate surface area is 176 Å². The number of nitrogens with zero attached hydrogens (tertiary/aromatic N) is 4. The highest BCUT2D eigenvalue weighted by Gasteiger charge is 2.37. The number of aromatic nitrogens is 5. The molecule has 2 fully saturated rings. The third kappa shape index (κ3) is 3.55. The van der Waals surface area contributed by atoms with E-state index >= 15 is 0 Å². The molecule has 0 unspecified atom stereocenters. The standard InChI is InChI=1S/C23H30N6O/c1-15-9-11-28(12-10-15)21(22-25-26-27-29(22)18-5-3-4-6-18)19-14-17-8-7-16(2)13-20(17)24-23(19)30/h7-8,13-15,18,21H,3-6,9-12H2,1-2H3,(H,24,30)/p+1/t21-/m1/s1. The molecule has 7 heteroatoms. The molecule has 1 aromatic carbocycles. The molecule has 2 aliphatic rings. The van der Waals surface area contributed by atoms with Crippen LogP contribution in [0.1, 0.15) is 74.5 Å². The van der Waals surface area contributed by atoms with Crippen LogP contribution in [0, 0.1) is 12.8 Å². The van der Waals surface area contributed by atoms with Crippen molar-refractivity contribution in [3.8, 4) is 0 Å². The summed E-state index contributed by atoms with van der Waals surface area (Å²) in [7, 11) is 0. The van der Waals surface area contributed by atoms with Gasteiger partial charge in [-0.2, -0.15) is 0 Å². The Kier molecular flexibility index (Phi) is 5.15. The van der Waals surface area contributed by atoms with Crippen LogP contribution in [-0.4, -0.2) is 38.3 Å². The number of hydrogen-bond acceptors (Lipinski definition) is 4. The lowest BCUT2D eigenvalue weighted by Crippen LogP contribution is -3.13. The fourth-order valence-electron chi connectivity index (χ4n) is 5.31. The van der Waals surface area contributed by atoms with E-state index in [-0.39, 0.29) is 11.6 Å². The van der Waals surface area contributed by atoms with Gasteiger partial charge < -0.3 is 9.88 Å². The number of rotatable bonds is 4. The number of benzene rings is 1. The zero-order valence-corrected chi connectivity index (χ0v) is 17.9. The molecule has 7 nitrogen and oxygen atoms in total. The van der Waals surface area contributed by atoms with Gasteiger partial charge in [-0.3, -0.25) is 4.79 Å². The lowest BCUT2D eigenvalue weighted by atomic mass is 9.95. The van der Waals surface area contributed by atoms with Crippen molar-refractivity contribution in [3.63, 3.8) is 0 Å². The maximum atomic E-state index is 13.3. The average Bonchev–Trinajstić information content (AvgIpc) is 3.42. The molecule has 3 aromatic rings. The van der Waals surface area contributed by atoms with Crippen LogP contribution < -0.4 is 10.5 Å². The van der Waals surface area contributed by atoms with Crippen molar-refractivity contribution < 1.29 is 4.90 Å². The van der Waals surface area contributed by atoms with Gasteiger partial charge in [0.15, 0.2) is 6.04 Å². The van der Waals surface area contributed by atoms with E-state index in [0.717, 1.165) is 59.7 Å². The molecule has 1 aliphatic heterocycles. The van der Waals surface area contributed by atoms with Gasteiger partial charge in [0.2, 0.25) is 5.82 Å². The number of quaternary nitrogens is 1. The summed E-state index contributed by atoms with van der Waals surface area (Å²) in [6, 6.07) is 8.50. The maximum absolute atomic E-state index is 13.3. The van der Waals surface area contributed by atoms with E-state index in [1.54, 1.807) is 0 Å². The molecule has 30 heavy (non-hydrogen) atoms. The number of piperidine rings is 1. The van der Waals surface area contributed by atoms with Gasteiger partial charge in [0.25, 0.3) is 5.56 Å². The van der Waals surface area contributed by atoms with E-state index in [1.807, 2.05) is 17.7 Å². The predicted molar refractivity (Wildman–Crippen MR) is 116 cm³/mol. The second-order valence-electron chi connectivity index (χ2n) is 9.34. The number of tetrazole rings is 1. The smallest absolute Gasteiger partial charge is 0.258 e. The Balaban J connectivity index is 1.63. The molecule has 0 radical (unpaired) electrons.